The molecule has 0 atom stereocenters. The number of aromatic carboxylic acids is 1. The monoisotopic (exact) mass is 324 g/mol. The Balaban J connectivity index is 2.41. The van der Waals surface area contributed by atoms with Crippen molar-refractivity contribution in [2.45, 2.75) is 19.4 Å². The number of ether oxygens (including phenoxy) is 2. The van der Waals surface area contributed by atoms with E-state index in [2.05, 4.69) is 5.10 Å². The fourth-order valence-electron chi connectivity index (χ4n) is 2.13. The lowest BCUT2D eigenvalue weighted by Gasteiger charge is -2.25. The molecule has 0 aliphatic rings. The maximum Gasteiger partial charge on any atom is 0.358 e. The third-order valence-corrected chi connectivity index (χ3v) is 3.27. The van der Waals surface area contributed by atoms with Crippen LogP contribution >= 0.6 is 11.6 Å². The van der Waals surface area contributed by atoms with Crippen molar-refractivity contribution in [3.05, 3.63) is 41.2 Å². The highest BCUT2D eigenvalue weighted by Gasteiger charge is 2.30. The van der Waals surface area contributed by atoms with Gasteiger partial charge in [0.15, 0.2) is 11.4 Å². The second kappa shape index (κ2) is 6.37. The fourth-order valence-corrected chi connectivity index (χ4v) is 2.32. The number of hydrogen-bond acceptors (Lipinski definition) is 4. The van der Waals surface area contributed by atoms with Crippen molar-refractivity contribution in [2.75, 3.05) is 13.7 Å². The predicted octanol–water partition coefficient (Wildman–Crippen LogP) is 3.41. The van der Waals surface area contributed by atoms with E-state index in [9.17, 15) is 9.90 Å². The van der Waals surface area contributed by atoms with Crippen LogP contribution in [0.25, 0.3) is 0 Å². The third kappa shape index (κ3) is 3.40. The number of aromatic nitrogens is 2. The maximum absolute atomic E-state index is 11.6. The van der Waals surface area contributed by atoms with Crippen molar-refractivity contribution in [2.24, 2.45) is 0 Å². The van der Waals surface area contributed by atoms with Crippen LogP contribution in [0.3, 0.4) is 0 Å². The summed E-state index contributed by atoms with van der Waals surface area (Å²) in [6, 6.07) is 6.72. The highest BCUT2D eigenvalue weighted by atomic mass is 35.5. The van der Waals surface area contributed by atoms with Gasteiger partial charge in [-0.1, -0.05) is 17.7 Å². The van der Waals surface area contributed by atoms with E-state index >= 15 is 0 Å². The van der Waals surface area contributed by atoms with Crippen LogP contribution in [0.5, 0.6) is 11.5 Å². The molecule has 1 aromatic heterocycles. The Morgan fingerprint density at radius 2 is 2.18 bits per heavy atom. The first-order chi connectivity index (χ1) is 10.3. The molecule has 2 rings (SSSR count). The molecule has 22 heavy (non-hydrogen) atoms. The summed E-state index contributed by atoms with van der Waals surface area (Å²) in [6.45, 7) is 3.98. The fraction of sp³-hybridized carbons (Fsp3) is 0.333. The molecule has 0 saturated heterocycles. The molecular formula is C15H17ClN2O4. The summed E-state index contributed by atoms with van der Waals surface area (Å²) < 4.78 is 12.1. The number of carboxylic acids is 1. The molecule has 0 aliphatic carbocycles. The molecular weight excluding hydrogens is 308 g/mol. The van der Waals surface area contributed by atoms with Crippen LogP contribution in [0.1, 0.15) is 24.3 Å². The van der Waals surface area contributed by atoms with Crippen LogP contribution < -0.4 is 4.74 Å². The van der Waals surface area contributed by atoms with Gasteiger partial charge in [-0.05, 0) is 32.0 Å². The van der Waals surface area contributed by atoms with Gasteiger partial charge < -0.3 is 14.6 Å². The minimum atomic E-state index is -1.13. The first-order valence-corrected chi connectivity index (χ1v) is 6.97. The van der Waals surface area contributed by atoms with Gasteiger partial charge in [-0.15, -0.1) is 0 Å². The number of nitrogens with zero attached hydrogens (tertiary/aromatic N) is 2. The Labute approximate surface area is 133 Å². The topological polar surface area (TPSA) is 73.6 Å². The molecule has 0 fully saturated rings. The molecule has 0 unspecified atom stereocenters. The van der Waals surface area contributed by atoms with Gasteiger partial charge in [-0.3, -0.25) is 0 Å². The Morgan fingerprint density at radius 1 is 1.45 bits per heavy atom. The van der Waals surface area contributed by atoms with Gasteiger partial charge >= 0.3 is 5.97 Å². The van der Waals surface area contributed by atoms with Crippen LogP contribution in [0.4, 0.5) is 0 Å². The van der Waals surface area contributed by atoms with Gasteiger partial charge in [0.1, 0.15) is 5.75 Å². The minimum absolute atomic E-state index is 0.0398. The molecule has 0 aliphatic heterocycles. The van der Waals surface area contributed by atoms with Crippen molar-refractivity contribution in [1.82, 2.24) is 9.78 Å². The molecule has 118 valence electrons. The molecule has 0 amide bonds. The summed E-state index contributed by atoms with van der Waals surface area (Å²) in [5.74, 6) is -0.531. The van der Waals surface area contributed by atoms with Crippen molar-refractivity contribution >= 4 is 17.6 Å². The average molecular weight is 325 g/mol. The third-order valence-electron chi connectivity index (χ3n) is 3.03. The van der Waals surface area contributed by atoms with Crippen molar-refractivity contribution < 1.29 is 19.4 Å². The Bertz CT molecular complexity index is 682. The highest BCUT2D eigenvalue weighted by Crippen LogP contribution is 2.30. The highest BCUT2D eigenvalue weighted by molar-refractivity contribution is 6.30. The lowest BCUT2D eigenvalue weighted by Crippen LogP contribution is -2.35. The average Bonchev–Trinajstić information content (AvgIpc) is 2.83. The normalized spacial score (nSPS) is 11.5. The molecule has 0 radical (unpaired) electrons. The summed E-state index contributed by atoms with van der Waals surface area (Å²) >= 11 is 5.90. The van der Waals surface area contributed by atoms with E-state index in [1.165, 1.54) is 10.9 Å². The zero-order valence-electron chi connectivity index (χ0n) is 12.5. The number of hydrogen-bond donors (Lipinski definition) is 1. The van der Waals surface area contributed by atoms with Crippen molar-refractivity contribution in [3.63, 3.8) is 0 Å². The van der Waals surface area contributed by atoms with E-state index in [0.29, 0.717) is 17.4 Å². The molecule has 0 saturated carbocycles. The number of carbonyl (C=O) groups is 1. The van der Waals surface area contributed by atoms with Crippen LogP contribution in [-0.2, 0) is 10.3 Å². The summed E-state index contributed by atoms with van der Waals surface area (Å²) in [5.41, 5.74) is -0.666. The Hall–Kier alpha value is -2.05. The molecule has 6 nitrogen and oxygen atoms in total. The van der Waals surface area contributed by atoms with E-state index in [4.69, 9.17) is 21.1 Å². The smallest absolute Gasteiger partial charge is 0.358 e. The second-order valence-corrected chi connectivity index (χ2v) is 5.82. The van der Waals surface area contributed by atoms with E-state index in [-0.39, 0.29) is 11.4 Å². The SMILES string of the molecule is COCC(C)(C)n1ncc(Oc2cccc(Cl)c2)c1C(=O)O. The second-order valence-electron chi connectivity index (χ2n) is 5.38. The molecule has 1 heterocycles. The summed E-state index contributed by atoms with van der Waals surface area (Å²) in [5, 5.41) is 14.1. The van der Waals surface area contributed by atoms with E-state index in [1.54, 1.807) is 31.4 Å². The summed E-state index contributed by atoms with van der Waals surface area (Å²) in [7, 11) is 1.55. The zero-order chi connectivity index (χ0) is 16.3. The standard InChI is InChI=1S/C15H17ClN2O4/c1-15(2,9-21-3)18-13(14(19)20)12(8-17-18)22-11-6-4-5-10(16)7-11/h4-8H,9H2,1-3H3,(H,19,20). The molecule has 1 aromatic carbocycles. The van der Waals surface area contributed by atoms with Gasteiger partial charge in [0.05, 0.1) is 18.3 Å². The van der Waals surface area contributed by atoms with E-state index < -0.39 is 11.5 Å². The molecule has 0 spiro atoms. The van der Waals surface area contributed by atoms with Gasteiger partial charge in [-0.2, -0.15) is 5.10 Å². The number of halogens is 1. The van der Waals surface area contributed by atoms with Crippen molar-refractivity contribution in [1.29, 1.82) is 0 Å². The predicted molar refractivity (Wildman–Crippen MR) is 81.9 cm³/mol. The van der Waals surface area contributed by atoms with Gasteiger partial charge in [0.2, 0.25) is 0 Å². The quantitative estimate of drug-likeness (QED) is 0.881. The largest absolute Gasteiger partial charge is 0.476 e. The lowest BCUT2D eigenvalue weighted by atomic mass is 10.1. The Kier molecular flexibility index (Phi) is 4.73. The van der Waals surface area contributed by atoms with Crippen LogP contribution in [0.15, 0.2) is 30.5 Å². The number of methoxy groups -OCH3 is 1. The minimum Gasteiger partial charge on any atom is -0.476 e. The lowest BCUT2D eigenvalue weighted by molar-refractivity contribution is 0.0636. The molecule has 7 heteroatoms. The van der Waals surface area contributed by atoms with Gasteiger partial charge in [0.25, 0.3) is 0 Å². The van der Waals surface area contributed by atoms with Crippen LogP contribution in [-0.4, -0.2) is 34.6 Å². The summed E-state index contributed by atoms with van der Waals surface area (Å²) in [4.78, 5) is 11.6. The van der Waals surface area contributed by atoms with Crippen molar-refractivity contribution in [3.8, 4) is 11.5 Å². The maximum atomic E-state index is 11.6. The summed E-state index contributed by atoms with van der Waals surface area (Å²) in [6.07, 6.45) is 1.38. The van der Waals surface area contributed by atoms with E-state index in [0.717, 1.165) is 0 Å². The molecule has 0 bridgehead atoms. The van der Waals surface area contributed by atoms with Crippen LogP contribution in [0, 0.1) is 0 Å². The zero-order valence-corrected chi connectivity index (χ0v) is 13.3. The first kappa shape index (κ1) is 16.3. The molecule has 1 N–H and O–H groups in total. The Morgan fingerprint density at radius 3 is 2.77 bits per heavy atom. The number of benzene rings is 1. The number of rotatable bonds is 6. The number of carboxylic acid groups (broad SMARTS) is 1. The van der Waals surface area contributed by atoms with E-state index in [1.807, 2.05) is 13.8 Å². The molecule has 2 aromatic rings. The first-order valence-electron chi connectivity index (χ1n) is 6.59. The van der Waals surface area contributed by atoms with Gasteiger partial charge in [0, 0.05) is 12.1 Å². The van der Waals surface area contributed by atoms with Crippen LogP contribution in [0.2, 0.25) is 5.02 Å². The van der Waals surface area contributed by atoms with Gasteiger partial charge in [-0.25, -0.2) is 9.48 Å².